The van der Waals surface area contributed by atoms with E-state index in [1.807, 2.05) is 18.7 Å². The summed E-state index contributed by atoms with van der Waals surface area (Å²) in [6.45, 7) is 18.1. The third-order valence-electron chi connectivity index (χ3n) is 5.79. The molecule has 28 heavy (non-hydrogen) atoms. The van der Waals surface area contributed by atoms with Gasteiger partial charge in [0.1, 0.15) is 6.61 Å². The minimum absolute atomic E-state index is 0.127. The number of piperazine rings is 1. The SMILES string of the molecule is CC.CC(C)C1CCN(C(=O)COCCOCCCN2CCN(C)CC2)CC1. The first-order chi connectivity index (χ1) is 13.6. The van der Waals surface area contributed by atoms with Crippen LogP contribution in [0.1, 0.15) is 47.0 Å². The van der Waals surface area contributed by atoms with Crippen LogP contribution >= 0.6 is 0 Å². The average molecular weight is 400 g/mol. The van der Waals surface area contributed by atoms with Gasteiger partial charge in [0.15, 0.2) is 0 Å². The normalized spacial score (nSPS) is 19.6. The molecule has 1 amide bonds. The zero-order chi connectivity index (χ0) is 20.8. The number of ether oxygens (including phenoxy) is 2. The van der Waals surface area contributed by atoms with Crippen molar-refractivity contribution < 1.29 is 14.3 Å². The van der Waals surface area contributed by atoms with Crippen LogP contribution in [-0.2, 0) is 14.3 Å². The number of carbonyl (C=O) groups excluding carboxylic acids is 1. The molecule has 0 unspecified atom stereocenters. The first kappa shape index (κ1) is 25.3. The van der Waals surface area contributed by atoms with E-state index in [0.29, 0.717) is 13.2 Å². The zero-order valence-corrected chi connectivity index (χ0v) is 19.1. The molecule has 0 bridgehead atoms. The molecular weight excluding hydrogens is 354 g/mol. The molecule has 0 saturated carbocycles. The van der Waals surface area contributed by atoms with E-state index in [1.165, 1.54) is 0 Å². The van der Waals surface area contributed by atoms with Crippen LogP contribution in [0.3, 0.4) is 0 Å². The minimum Gasteiger partial charge on any atom is -0.379 e. The van der Waals surface area contributed by atoms with Crippen LogP contribution in [0, 0.1) is 11.8 Å². The van der Waals surface area contributed by atoms with Gasteiger partial charge in [0.2, 0.25) is 5.91 Å². The highest BCUT2D eigenvalue weighted by molar-refractivity contribution is 5.77. The lowest BCUT2D eigenvalue weighted by Gasteiger charge is -2.33. The topological polar surface area (TPSA) is 45.3 Å². The Balaban J connectivity index is 0.00000190. The lowest BCUT2D eigenvalue weighted by atomic mass is 9.87. The first-order valence-corrected chi connectivity index (χ1v) is 11.4. The number of likely N-dealkylation sites (N-methyl/N-ethyl adjacent to an activating group) is 1. The molecule has 6 nitrogen and oxygen atoms in total. The maximum Gasteiger partial charge on any atom is 0.248 e. The van der Waals surface area contributed by atoms with Crippen molar-refractivity contribution in [1.82, 2.24) is 14.7 Å². The summed E-state index contributed by atoms with van der Waals surface area (Å²) < 4.78 is 11.1. The van der Waals surface area contributed by atoms with E-state index in [9.17, 15) is 4.79 Å². The van der Waals surface area contributed by atoms with Gasteiger partial charge in [-0.15, -0.1) is 0 Å². The first-order valence-electron chi connectivity index (χ1n) is 11.4. The molecule has 2 fully saturated rings. The predicted octanol–water partition coefficient (Wildman–Crippen LogP) is 2.58. The molecule has 0 spiro atoms. The fraction of sp³-hybridized carbons (Fsp3) is 0.955. The molecule has 0 N–H and O–H groups in total. The molecule has 0 aromatic heterocycles. The summed E-state index contributed by atoms with van der Waals surface area (Å²) in [6, 6.07) is 0. The molecule has 0 radical (unpaired) electrons. The van der Waals surface area contributed by atoms with Gasteiger partial charge in [-0.2, -0.15) is 0 Å². The fourth-order valence-electron chi connectivity index (χ4n) is 3.75. The Bertz CT molecular complexity index is 390. The number of nitrogens with zero attached hydrogens (tertiary/aromatic N) is 3. The van der Waals surface area contributed by atoms with Gasteiger partial charge in [-0.1, -0.05) is 27.7 Å². The van der Waals surface area contributed by atoms with Crippen molar-refractivity contribution in [3.8, 4) is 0 Å². The quantitative estimate of drug-likeness (QED) is 0.528. The molecule has 2 saturated heterocycles. The number of carbonyl (C=O) groups is 1. The van der Waals surface area contributed by atoms with Crippen LogP contribution in [0.4, 0.5) is 0 Å². The van der Waals surface area contributed by atoms with Crippen LogP contribution in [0.2, 0.25) is 0 Å². The lowest BCUT2D eigenvalue weighted by molar-refractivity contribution is -0.138. The molecule has 166 valence electrons. The van der Waals surface area contributed by atoms with E-state index in [1.54, 1.807) is 0 Å². The van der Waals surface area contributed by atoms with Gasteiger partial charge >= 0.3 is 0 Å². The van der Waals surface area contributed by atoms with Gasteiger partial charge < -0.3 is 24.2 Å². The maximum absolute atomic E-state index is 12.2. The number of piperidine rings is 1. The van der Waals surface area contributed by atoms with Crippen LogP contribution in [0.5, 0.6) is 0 Å². The predicted molar refractivity (Wildman–Crippen MR) is 116 cm³/mol. The molecule has 2 rings (SSSR count). The number of likely N-dealkylation sites (tertiary alicyclic amines) is 1. The number of amides is 1. The van der Waals surface area contributed by atoms with Gasteiger partial charge in [-0.3, -0.25) is 4.79 Å². The number of hydrogen-bond acceptors (Lipinski definition) is 5. The zero-order valence-electron chi connectivity index (χ0n) is 19.1. The highest BCUT2D eigenvalue weighted by Crippen LogP contribution is 2.24. The van der Waals surface area contributed by atoms with E-state index in [0.717, 1.165) is 83.5 Å². The summed E-state index contributed by atoms with van der Waals surface area (Å²) >= 11 is 0. The van der Waals surface area contributed by atoms with Crippen molar-refractivity contribution in [1.29, 1.82) is 0 Å². The molecule has 6 heteroatoms. The third-order valence-corrected chi connectivity index (χ3v) is 5.79. The Morgan fingerprint density at radius 2 is 1.54 bits per heavy atom. The third kappa shape index (κ3) is 10.2. The smallest absolute Gasteiger partial charge is 0.248 e. The van der Waals surface area contributed by atoms with Crippen molar-refractivity contribution >= 4 is 5.91 Å². The van der Waals surface area contributed by atoms with Crippen molar-refractivity contribution in [2.75, 3.05) is 79.3 Å². The minimum atomic E-state index is 0.127. The van der Waals surface area contributed by atoms with Gasteiger partial charge in [-0.25, -0.2) is 0 Å². The Hall–Kier alpha value is -0.690. The standard InChI is InChI=1S/C20H39N3O3.C2H6/c1-18(2)19-5-8-23(9-6-19)20(24)17-26-16-15-25-14-4-7-22-12-10-21(3)11-13-22;1-2/h18-19H,4-17H2,1-3H3;1-2H3. The van der Waals surface area contributed by atoms with Crippen molar-refractivity contribution in [2.45, 2.75) is 47.0 Å². The summed E-state index contributed by atoms with van der Waals surface area (Å²) in [5.74, 6) is 1.61. The Labute approximate surface area is 173 Å². The Kier molecular flexibility index (Phi) is 13.8. The summed E-state index contributed by atoms with van der Waals surface area (Å²) in [4.78, 5) is 19.0. The maximum atomic E-state index is 12.2. The molecular formula is C22H45N3O3. The molecule has 2 aliphatic heterocycles. The summed E-state index contributed by atoms with van der Waals surface area (Å²) in [6.07, 6.45) is 3.31. The van der Waals surface area contributed by atoms with E-state index in [2.05, 4.69) is 30.7 Å². The van der Waals surface area contributed by atoms with Gasteiger partial charge in [0, 0.05) is 52.4 Å². The van der Waals surface area contributed by atoms with E-state index in [-0.39, 0.29) is 12.5 Å². The van der Waals surface area contributed by atoms with Crippen LogP contribution in [-0.4, -0.2) is 99.9 Å². The number of hydrogen-bond donors (Lipinski definition) is 0. The largest absolute Gasteiger partial charge is 0.379 e. The van der Waals surface area contributed by atoms with Crippen molar-refractivity contribution in [3.63, 3.8) is 0 Å². The van der Waals surface area contributed by atoms with E-state index in [4.69, 9.17) is 9.47 Å². The molecule has 2 aliphatic rings. The summed E-state index contributed by atoms with van der Waals surface area (Å²) in [5.41, 5.74) is 0. The molecule has 0 atom stereocenters. The fourth-order valence-corrected chi connectivity index (χ4v) is 3.75. The molecule has 0 aliphatic carbocycles. The monoisotopic (exact) mass is 399 g/mol. The second kappa shape index (κ2) is 15.2. The van der Waals surface area contributed by atoms with Crippen LogP contribution in [0.15, 0.2) is 0 Å². The molecule has 2 heterocycles. The van der Waals surface area contributed by atoms with Gasteiger partial charge in [0.05, 0.1) is 13.2 Å². The molecule has 0 aromatic rings. The summed E-state index contributed by atoms with van der Waals surface area (Å²) in [7, 11) is 2.18. The van der Waals surface area contributed by atoms with E-state index >= 15 is 0 Å². The second-order valence-electron chi connectivity index (χ2n) is 8.13. The van der Waals surface area contributed by atoms with Crippen LogP contribution < -0.4 is 0 Å². The highest BCUT2D eigenvalue weighted by Gasteiger charge is 2.24. The van der Waals surface area contributed by atoms with E-state index < -0.39 is 0 Å². The van der Waals surface area contributed by atoms with Gasteiger partial charge in [0.25, 0.3) is 0 Å². The van der Waals surface area contributed by atoms with Gasteiger partial charge in [-0.05, 0) is 38.1 Å². The second-order valence-corrected chi connectivity index (χ2v) is 8.13. The average Bonchev–Trinajstić information content (AvgIpc) is 2.72. The summed E-state index contributed by atoms with van der Waals surface area (Å²) in [5, 5.41) is 0. The Morgan fingerprint density at radius 1 is 0.929 bits per heavy atom. The van der Waals surface area contributed by atoms with Crippen molar-refractivity contribution in [2.24, 2.45) is 11.8 Å². The Morgan fingerprint density at radius 3 is 2.14 bits per heavy atom. The highest BCUT2D eigenvalue weighted by atomic mass is 16.5. The number of rotatable bonds is 10. The van der Waals surface area contributed by atoms with Crippen molar-refractivity contribution in [3.05, 3.63) is 0 Å². The lowest BCUT2D eigenvalue weighted by Crippen LogP contribution is -2.44. The molecule has 0 aromatic carbocycles. The van der Waals surface area contributed by atoms with Crippen LogP contribution in [0.25, 0.3) is 0 Å².